The minimum Gasteiger partial charge on any atom is -0.492 e. The molecule has 0 amide bonds. The summed E-state index contributed by atoms with van der Waals surface area (Å²) in [6.45, 7) is -0.684. The van der Waals surface area contributed by atoms with E-state index < -0.39 is 24.9 Å². The zero-order chi connectivity index (χ0) is 28.5. The second-order valence-electron chi connectivity index (χ2n) is 8.74. The van der Waals surface area contributed by atoms with Crippen molar-refractivity contribution in [1.29, 1.82) is 0 Å². The summed E-state index contributed by atoms with van der Waals surface area (Å²) in [6, 6.07) is 22.2. The number of hydrogen-bond acceptors (Lipinski definition) is 7. The number of benzene rings is 2. The largest absolute Gasteiger partial charge is 0.492 e. The first-order valence-corrected chi connectivity index (χ1v) is 12.4. The average Bonchev–Trinajstić information content (AvgIpc) is 3.36. The third kappa shape index (κ3) is 7.60. The Hall–Kier alpha value is -4.38. The number of halogens is 3. The van der Waals surface area contributed by atoms with Crippen LogP contribution in [0.2, 0.25) is 0 Å². The highest BCUT2D eigenvalue weighted by Crippen LogP contribution is 2.20. The molecule has 40 heavy (non-hydrogen) atoms. The van der Waals surface area contributed by atoms with Gasteiger partial charge in [-0.1, -0.05) is 47.6 Å². The van der Waals surface area contributed by atoms with Crippen LogP contribution in [0.1, 0.15) is 16.8 Å². The number of nitrogens with zero attached hydrogens (tertiary/aromatic N) is 3. The first kappa shape index (κ1) is 28.6. The Kier molecular flexibility index (Phi) is 9.39. The van der Waals surface area contributed by atoms with Crippen molar-refractivity contribution in [3.8, 4) is 5.75 Å². The summed E-state index contributed by atoms with van der Waals surface area (Å²) in [6.07, 6.45) is -4.05. The Morgan fingerprint density at radius 1 is 1.00 bits per heavy atom. The van der Waals surface area contributed by atoms with E-state index in [2.05, 4.69) is 9.89 Å². The van der Waals surface area contributed by atoms with Gasteiger partial charge in [-0.05, 0) is 35.9 Å². The highest BCUT2D eigenvalue weighted by atomic mass is 19.4. The summed E-state index contributed by atoms with van der Waals surface area (Å²) in [5.41, 5.74) is 3.54. The molecular weight excluding hydrogens is 527 g/mol. The van der Waals surface area contributed by atoms with E-state index in [9.17, 15) is 18.0 Å². The van der Waals surface area contributed by atoms with E-state index in [0.29, 0.717) is 35.9 Å². The number of pyridine rings is 1. The predicted octanol–water partition coefficient (Wildman–Crippen LogP) is 5.18. The molecule has 0 radical (unpaired) electrons. The lowest BCUT2D eigenvalue weighted by atomic mass is 10.1. The number of carbonyl (C=O) groups is 1. The van der Waals surface area contributed by atoms with E-state index in [1.807, 2.05) is 59.3 Å². The van der Waals surface area contributed by atoms with Crippen molar-refractivity contribution in [2.75, 3.05) is 27.4 Å². The molecule has 8 nitrogen and oxygen atoms in total. The maximum Gasteiger partial charge on any atom is 0.411 e. The van der Waals surface area contributed by atoms with Gasteiger partial charge < -0.3 is 23.6 Å². The molecule has 0 spiro atoms. The molecule has 11 heteroatoms. The van der Waals surface area contributed by atoms with E-state index in [1.54, 1.807) is 24.3 Å². The number of methoxy groups -OCH3 is 1. The molecule has 0 N–H and O–H groups in total. The average molecular weight is 556 g/mol. The number of oxime groups is 1. The highest BCUT2D eigenvalue weighted by Gasteiger charge is 2.32. The van der Waals surface area contributed by atoms with Crippen molar-refractivity contribution >= 4 is 22.7 Å². The molecule has 2 aromatic carbocycles. The van der Waals surface area contributed by atoms with Gasteiger partial charge in [-0.25, -0.2) is 9.78 Å². The zero-order valence-electron chi connectivity index (χ0n) is 21.9. The van der Waals surface area contributed by atoms with Crippen molar-refractivity contribution < 1.29 is 37.0 Å². The minimum absolute atomic E-state index is 0.0657. The van der Waals surface area contributed by atoms with Crippen molar-refractivity contribution in [3.63, 3.8) is 0 Å². The number of carbonyl (C=O) groups excluding carboxylic acids is 1. The van der Waals surface area contributed by atoms with Gasteiger partial charge in [-0.15, -0.1) is 0 Å². The standard InChI is InChI=1S/C29H28F3N3O5/c1-37-28(36)25(40-19-29(30,31)32)18-20-8-11-23(12-9-20)39-17-16-35-15-14-22-10-13-24(33-27(22)35)26(34-38-2)21-6-4-3-5-7-21/h3-15,25H,16-19H2,1-2H3/t25-/m0/s1. The molecule has 2 heterocycles. The Morgan fingerprint density at radius 3 is 2.42 bits per heavy atom. The Labute approximate surface area is 228 Å². The molecule has 4 rings (SSSR count). The number of ether oxygens (including phenoxy) is 3. The quantitative estimate of drug-likeness (QED) is 0.136. The molecule has 0 saturated heterocycles. The maximum atomic E-state index is 12.5. The van der Waals surface area contributed by atoms with Crippen LogP contribution < -0.4 is 4.74 Å². The molecule has 0 fully saturated rings. The Balaban J connectivity index is 1.39. The van der Waals surface area contributed by atoms with Crippen LogP contribution in [0.15, 0.2) is 84.1 Å². The van der Waals surface area contributed by atoms with Gasteiger partial charge in [0, 0.05) is 23.6 Å². The summed E-state index contributed by atoms with van der Waals surface area (Å²) in [5, 5.41) is 5.15. The lowest BCUT2D eigenvalue weighted by molar-refractivity contribution is -0.193. The molecule has 0 aliphatic rings. The number of alkyl halides is 3. The van der Waals surface area contributed by atoms with Crippen LogP contribution in [0.5, 0.6) is 5.75 Å². The van der Waals surface area contributed by atoms with Gasteiger partial charge in [0.2, 0.25) is 0 Å². The summed E-state index contributed by atoms with van der Waals surface area (Å²) < 4.78 is 54.7. The molecule has 0 bridgehead atoms. The molecule has 0 aliphatic heterocycles. The molecular formula is C29H28F3N3O5. The van der Waals surface area contributed by atoms with Crippen LogP contribution in [0.3, 0.4) is 0 Å². The smallest absolute Gasteiger partial charge is 0.411 e. The lowest BCUT2D eigenvalue weighted by Crippen LogP contribution is -2.32. The molecule has 2 aromatic heterocycles. The van der Waals surface area contributed by atoms with Crippen molar-refractivity contribution in [2.45, 2.75) is 25.2 Å². The summed E-state index contributed by atoms with van der Waals surface area (Å²) in [5.74, 6) is -0.303. The van der Waals surface area contributed by atoms with Crippen LogP contribution in [-0.2, 0) is 32.1 Å². The number of hydrogen-bond donors (Lipinski definition) is 0. The fourth-order valence-electron chi connectivity index (χ4n) is 4.04. The van der Waals surface area contributed by atoms with E-state index in [4.69, 9.17) is 19.3 Å². The van der Waals surface area contributed by atoms with Gasteiger partial charge in [-0.2, -0.15) is 13.2 Å². The molecule has 1 atom stereocenters. The van der Waals surface area contributed by atoms with Crippen LogP contribution in [0, 0.1) is 0 Å². The van der Waals surface area contributed by atoms with Crippen LogP contribution in [0.25, 0.3) is 11.0 Å². The number of esters is 1. The summed E-state index contributed by atoms with van der Waals surface area (Å²) >= 11 is 0. The Morgan fingerprint density at radius 2 is 1.75 bits per heavy atom. The normalized spacial score (nSPS) is 12.8. The van der Waals surface area contributed by atoms with Gasteiger partial charge in [0.05, 0.1) is 19.3 Å². The van der Waals surface area contributed by atoms with E-state index >= 15 is 0 Å². The molecule has 0 aliphatic carbocycles. The molecule has 0 saturated carbocycles. The predicted molar refractivity (Wildman–Crippen MR) is 142 cm³/mol. The molecule has 0 unspecified atom stereocenters. The van der Waals surface area contributed by atoms with Gasteiger partial charge in [0.1, 0.15) is 37.4 Å². The van der Waals surface area contributed by atoms with E-state index in [-0.39, 0.29) is 6.42 Å². The molecule has 4 aromatic rings. The van der Waals surface area contributed by atoms with Crippen LogP contribution in [0.4, 0.5) is 13.2 Å². The maximum absolute atomic E-state index is 12.5. The van der Waals surface area contributed by atoms with Crippen LogP contribution in [-0.4, -0.2) is 60.9 Å². The summed E-state index contributed by atoms with van der Waals surface area (Å²) in [4.78, 5) is 21.7. The van der Waals surface area contributed by atoms with Gasteiger partial charge in [0.25, 0.3) is 0 Å². The minimum atomic E-state index is -4.55. The van der Waals surface area contributed by atoms with Gasteiger partial charge in [0.15, 0.2) is 6.10 Å². The lowest BCUT2D eigenvalue weighted by Gasteiger charge is -2.17. The Bertz CT molecular complexity index is 1440. The fourth-order valence-corrected chi connectivity index (χ4v) is 4.04. The topological polar surface area (TPSA) is 84.2 Å². The number of fused-ring (bicyclic) bond motifs is 1. The number of rotatable bonds is 12. The fraction of sp³-hybridized carbons (Fsp3) is 0.276. The molecule has 210 valence electrons. The third-order valence-electron chi connectivity index (χ3n) is 5.94. The van der Waals surface area contributed by atoms with E-state index in [0.717, 1.165) is 23.7 Å². The summed E-state index contributed by atoms with van der Waals surface area (Å²) in [7, 11) is 2.59. The SMILES string of the molecule is CON=C(c1ccccc1)c1ccc2ccn(CCOc3ccc(C[C@H](OCC(F)(F)F)C(=O)OC)cc3)c2n1. The third-order valence-corrected chi connectivity index (χ3v) is 5.94. The first-order chi connectivity index (χ1) is 19.3. The van der Waals surface area contributed by atoms with E-state index in [1.165, 1.54) is 7.11 Å². The van der Waals surface area contributed by atoms with Crippen molar-refractivity contribution in [2.24, 2.45) is 5.16 Å². The number of aromatic nitrogens is 2. The zero-order valence-corrected chi connectivity index (χ0v) is 21.9. The van der Waals surface area contributed by atoms with Crippen molar-refractivity contribution in [1.82, 2.24) is 9.55 Å². The highest BCUT2D eigenvalue weighted by molar-refractivity contribution is 6.12. The van der Waals surface area contributed by atoms with Crippen molar-refractivity contribution in [3.05, 3.63) is 95.8 Å². The van der Waals surface area contributed by atoms with Gasteiger partial charge in [-0.3, -0.25) is 0 Å². The second-order valence-corrected chi connectivity index (χ2v) is 8.74. The van der Waals surface area contributed by atoms with Crippen LogP contribution >= 0.6 is 0 Å². The second kappa shape index (κ2) is 13.1. The van der Waals surface area contributed by atoms with Gasteiger partial charge >= 0.3 is 12.1 Å². The monoisotopic (exact) mass is 555 g/mol. The first-order valence-electron chi connectivity index (χ1n) is 12.4.